The van der Waals surface area contributed by atoms with Gasteiger partial charge in [0.1, 0.15) is 5.75 Å². The van der Waals surface area contributed by atoms with Crippen molar-refractivity contribution in [3.05, 3.63) is 59.2 Å². The molecule has 0 saturated carbocycles. The van der Waals surface area contributed by atoms with Crippen LogP contribution < -0.4 is 10.1 Å². The van der Waals surface area contributed by atoms with E-state index in [0.29, 0.717) is 22.9 Å². The molecule has 1 N–H and O–H groups in total. The van der Waals surface area contributed by atoms with Gasteiger partial charge in [0.05, 0.1) is 12.9 Å². The maximum atomic E-state index is 12.0. The largest absolute Gasteiger partial charge is 0.484 e. The van der Waals surface area contributed by atoms with Crippen molar-refractivity contribution >= 4 is 29.3 Å². The van der Waals surface area contributed by atoms with E-state index in [0.717, 1.165) is 11.1 Å². The highest BCUT2D eigenvalue weighted by molar-refractivity contribution is 7.99. The van der Waals surface area contributed by atoms with Gasteiger partial charge in [-0.2, -0.15) is 0 Å². The van der Waals surface area contributed by atoms with E-state index in [9.17, 15) is 9.59 Å². The van der Waals surface area contributed by atoms with Crippen LogP contribution in [0, 0.1) is 13.8 Å². The second-order valence-corrected chi connectivity index (χ2v) is 6.83. The zero-order valence-corrected chi connectivity index (χ0v) is 16.0. The van der Waals surface area contributed by atoms with Gasteiger partial charge in [0, 0.05) is 11.4 Å². The van der Waals surface area contributed by atoms with Crippen molar-refractivity contribution in [1.82, 2.24) is 0 Å². The quantitative estimate of drug-likeness (QED) is 0.715. The first-order chi connectivity index (χ1) is 12.5. The Hall–Kier alpha value is -2.47. The lowest BCUT2D eigenvalue weighted by Gasteiger charge is -2.09. The Kier molecular flexibility index (Phi) is 7.53. The molecule has 5 nitrogen and oxygen atoms in total. The summed E-state index contributed by atoms with van der Waals surface area (Å²) >= 11 is 1.48. The lowest BCUT2D eigenvalue weighted by molar-refractivity contribution is -0.137. The highest BCUT2D eigenvalue weighted by Gasteiger charge is 2.05. The zero-order valence-electron chi connectivity index (χ0n) is 15.2. The molecule has 0 fully saturated rings. The summed E-state index contributed by atoms with van der Waals surface area (Å²) in [6.45, 7) is 4.00. The molecule has 2 aromatic carbocycles. The van der Waals surface area contributed by atoms with Crippen LogP contribution in [-0.2, 0) is 20.1 Å². The molecule has 0 radical (unpaired) electrons. The van der Waals surface area contributed by atoms with Gasteiger partial charge in [-0.15, -0.1) is 11.8 Å². The van der Waals surface area contributed by atoms with E-state index in [1.807, 2.05) is 56.3 Å². The van der Waals surface area contributed by atoms with E-state index in [2.05, 4.69) is 10.1 Å². The molecule has 2 rings (SSSR count). The lowest BCUT2D eigenvalue weighted by atomic mass is 10.1. The summed E-state index contributed by atoms with van der Waals surface area (Å²) in [5.41, 5.74) is 4.10. The van der Waals surface area contributed by atoms with E-state index < -0.39 is 0 Å². The Morgan fingerprint density at radius 2 is 1.77 bits per heavy atom. The molecule has 138 valence electrons. The number of carbonyl (C=O) groups is 2. The van der Waals surface area contributed by atoms with Gasteiger partial charge in [0.15, 0.2) is 6.61 Å². The number of thioether (sulfide) groups is 1. The summed E-state index contributed by atoms with van der Waals surface area (Å²) in [7, 11) is 1.38. The number of rotatable bonds is 8. The highest BCUT2D eigenvalue weighted by atomic mass is 32.2. The number of hydrogen-bond acceptors (Lipinski definition) is 5. The molecule has 0 atom stereocenters. The fraction of sp³-hybridized carbons (Fsp3) is 0.300. The summed E-state index contributed by atoms with van der Waals surface area (Å²) < 4.78 is 10.1. The van der Waals surface area contributed by atoms with E-state index in [-0.39, 0.29) is 18.5 Å². The maximum absolute atomic E-state index is 12.0. The van der Waals surface area contributed by atoms with Gasteiger partial charge in [0.25, 0.3) is 5.91 Å². The summed E-state index contributed by atoms with van der Waals surface area (Å²) in [5.74, 6) is 1.27. The molecule has 2 aromatic rings. The molecule has 0 saturated heterocycles. The maximum Gasteiger partial charge on any atom is 0.315 e. The minimum Gasteiger partial charge on any atom is -0.484 e. The van der Waals surface area contributed by atoms with Crippen LogP contribution in [0.25, 0.3) is 0 Å². The third kappa shape index (κ3) is 6.44. The Balaban J connectivity index is 1.77. The number of benzene rings is 2. The van der Waals surface area contributed by atoms with Crippen LogP contribution >= 0.6 is 11.8 Å². The minimum atomic E-state index is -0.234. The van der Waals surface area contributed by atoms with Gasteiger partial charge in [-0.25, -0.2) is 0 Å². The fourth-order valence-electron chi connectivity index (χ4n) is 2.15. The van der Waals surface area contributed by atoms with Crippen molar-refractivity contribution in [2.24, 2.45) is 0 Å². The smallest absolute Gasteiger partial charge is 0.315 e. The SMILES string of the molecule is COC(=O)CSCc1ccc(NC(=O)COc2ccc(C)c(C)c2)cc1. The number of aryl methyl sites for hydroxylation is 2. The summed E-state index contributed by atoms with van der Waals surface area (Å²) in [6.07, 6.45) is 0. The predicted octanol–water partition coefficient (Wildman–Crippen LogP) is 3.73. The molecule has 0 heterocycles. The molecule has 0 bridgehead atoms. The van der Waals surface area contributed by atoms with Crippen molar-refractivity contribution in [2.45, 2.75) is 19.6 Å². The highest BCUT2D eigenvalue weighted by Crippen LogP contribution is 2.17. The third-order valence-corrected chi connectivity index (χ3v) is 4.78. The normalized spacial score (nSPS) is 10.3. The Morgan fingerprint density at radius 3 is 2.42 bits per heavy atom. The molecule has 0 aliphatic carbocycles. The number of methoxy groups -OCH3 is 1. The van der Waals surface area contributed by atoms with Crippen LogP contribution in [0.15, 0.2) is 42.5 Å². The second kappa shape index (κ2) is 9.87. The van der Waals surface area contributed by atoms with Crippen LogP contribution in [0.2, 0.25) is 0 Å². The van der Waals surface area contributed by atoms with Gasteiger partial charge in [-0.05, 0) is 54.8 Å². The zero-order chi connectivity index (χ0) is 18.9. The first kappa shape index (κ1) is 19.8. The number of amides is 1. The van der Waals surface area contributed by atoms with Crippen molar-refractivity contribution in [3.8, 4) is 5.75 Å². The monoisotopic (exact) mass is 373 g/mol. The molecule has 0 aromatic heterocycles. The van der Waals surface area contributed by atoms with Crippen LogP contribution in [0.4, 0.5) is 5.69 Å². The standard InChI is InChI=1S/C20H23NO4S/c1-14-4-9-18(10-15(14)2)25-11-19(22)21-17-7-5-16(6-8-17)12-26-13-20(23)24-3/h4-10H,11-13H2,1-3H3,(H,21,22). The Bertz CT molecular complexity index is 759. The molecule has 1 amide bonds. The minimum absolute atomic E-state index is 0.0424. The Morgan fingerprint density at radius 1 is 1.04 bits per heavy atom. The average Bonchev–Trinajstić information content (AvgIpc) is 2.64. The molecule has 0 unspecified atom stereocenters. The van der Waals surface area contributed by atoms with E-state index >= 15 is 0 Å². The molecular weight excluding hydrogens is 350 g/mol. The molecule has 0 aliphatic heterocycles. The fourth-order valence-corrected chi connectivity index (χ4v) is 2.96. The number of anilines is 1. The van der Waals surface area contributed by atoms with E-state index in [1.54, 1.807) is 0 Å². The number of carbonyl (C=O) groups excluding carboxylic acids is 2. The average molecular weight is 373 g/mol. The van der Waals surface area contributed by atoms with Gasteiger partial charge in [-0.3, -0.25) is 9.59 Å². The van der Waals surface area contributed by atoms with Gasteiger partial charge in [-0.1, -0.05) is 18.2 Å². The summed E-state index contributed by atoms with van der Waals surface area (Å²) in [5, 5.41) is 2.80. The summed E-state index contributed by atoms with van der Waals surface area (Å²) in [4.78, 5) is 23.1. The van der Waals surface area contributed by atoms with Crippen LogP contribution in [0.5, 0.6) is 5.75 Å². The Labute approximate surface area is 158 Å². The number of esters is 1. The van der Waals surface area contributed by atoms with Crippen molar-refractivity contribution in [1.29, 1.82) is 0 Å². The van der Waals surface area contributed by atoms with Gasteiger partial charge in [0.2, 0.25) is 0 Å². The molecule has 6 heteroatoms. The number of nitrogens with one attached hydrogen (secondary N) is 1. The van der Waals surface area contributed by atoms with Crippen LogP contribution in [-0.4, -0.2) is 31.3 Å². The van der Waals surface area contributed by atoms with Crippen LogP contribution in [0.3, 0.4) is 0 Å². The lowest BCUT2D eigenvalue weighted by Crippen LogP contribution is -2.20. The van der Waals surface area contributed by atoms with Crippen molar-refractivity contribution < 1.29 is 19.1 Å². The molecule has 0 spiro atoms. The molecule has 0 aliphatic rings. The van der Waals surface area contributed by atoms with E-state index in [1.165, 1.54) is 24.4 Å². The van der Waals surface area contributed by atoms with Gasteiger partial charge < -0.3 is 14.8 Å². The predicted molar refractivity (Wildman–Crippen MR) is 105 cm³/mol. The van der Waals surface area contributed by atoms with Gasteiger partial charge >= 0.3 is 5.97 Å². The first-order valence-corrected chi connectivity index (χ1v) is 9.37. The number of ether oxygens (including phenoxy) is 2. The second-order valence-electron chi connectivity index (χ2n) is 5.85. The van der Waals surface area contributed by atoms with Crippen LogP contribution in [0.1, 0.15) is 16.7 Å². The molecule has 26 heavy (non-hydrogen) atoms. The van der Waals surface area contributed by atoms with Crippen molar-refractivity contribution in [3.63, 3.8) is 0 Å². The topological polar surface area (TPSA) is 64.6 Å². The van der Waals surface area contributed by atoms with Crippen molar-refractivity contribution in [2.75, 3.05) is 24.8 Å². The third-order valence-electron chi connectivity index (χ3n) is 3.80. The van der Waals surface area contributed by atoms with E-state index in [4.69, 9.17) is 4.74 Å². The molecular formula is C20H23NO4S. The summed E-state index contributed by atoms with van der Waals surface area (Å²) in [6, 6.07) is 13.3. The number of hydrogen-bond donors (Lipinski definition) is 1. The first-order valence-electron chi connectivity index (χ1n) is 8.21.